The van der Waals surface area contributed by atoms with Gasteiger partial charge in [-0.25, -0.2) is 0 Å². The number of ether oxygens (including phenoxy) is 11. The summed E-state index contributed by atoms with van der Waals surface area (Å²) in [4.78, 5) is 0. The fraction of sp³-hybridized carbons (Fsp3) is 0.358. The van der Waals surface area contributed by atoms with Crippen LogP contribution in [0.3, 0.4) is 0 Å². The highest BCUT2D eigenvalue weighted by atomic mass is 16.6. The predicted octanol–water partition coefficient (Wildman–Crippen LogP) is 23.5. The number of aryl methyl sites for hydroxylation is 2. The summed E-state index contributed by atoms with van der Waals surface area (Å²) in [6.07, 6.45) is 1.95. The summed E-state index contributed by atoms with van der Waals surface area (Å²) in [6, 6.07) is 96.7. The van der Waals surface area contributed by atoms with Crippen LogP contribution in [0, 0.1) is 0 Å². The third-order valence-corrected chi connectivity index (χ3v) is 22.3. The maximum atomic E-state index is 6.30. The maximum Gasteiger partial charge on any atom is 0.127 e. The molecule has 12 aromatic rings. The maximum absolute atomic E-state index is 6.30. The summed E-state index contributed by atoms with van der Waals surface area (Å²) in [5, 5.41) is 3.85. The molecule has 0 saturated heterocycles. The van der Waals surface area contributed by atoms with Gasteiger partial charge in [-0.3, -0.25) is 0 Å². The molecule has 11 nitrogen and oxygen atoms in total. The lowest BCUT2D eigenvalue weighted by Gasteiger charge is -2.38. The van der Waals surface area contributed by atoms with Crippen molar-refractivity contribution >= 4 is 21.5 Å². The number of benzene rings is 12. The van der Waals surface area contributed by atoms with E-state index in [2.05, 4.69) is 291 Å². The summed E-state index contributed by atoms with van der Waals surface area (Å²) < 4.78 is 67.3. The van der Waals surface area contributed by atoms with Gasteiger partial charge in [0.2, 0.25) is 0 Å². The van der Waals surface area contributed by atoms with E-state index in [0.29, 0.717) is 106 Å². The first-order valence-electron chi connectivity index (χ1n) is 42.0. The van der Waals surface area contributed by atoms with Crippen molar-refractivity contribution in [3.63, 3.8) is 0 Å². The first-order valence-corrected chi connectivity index (χ1v) is 42.0. The van der Waals surface area contributed by atoms with Gasteiger partial charge < -0.3 is 52.1 Å². The summed E-state index contributed by atoms with van der Waals surface area (Å²) >= 11 is 0. The van der Waals surface area contributed by atoms with E-state index >= 15 is 0 Å². The molecule has 0 heterocycles. The Bertz CT molecular complexity index is 4610. The molecule has 12 aromatic carbocycles. The Balaban J connectivity index is 0.527. The van der Waals surface area contributed by atoms with E-state index in [4.69, 9.17) is 52.1 Å². The van der Waals surface area contributed by atoms with Crippen LogP contribution in [0.4, 0.5) is 0 Å². The molecule has 0 spiro atoms. The van der Waals surface area contributed by atoms with Gasteiger partial charge in [-0.05, 0) is 161 Å². The molecule has 0 aliphatic heterocycles. The third kappa shape index (κ3) is 21.6. The van der Waals surface area contributed by atoms with E-state index < -0.39 is 10.8 Å². The zero-order chi connectivity index (χ0) is 82.5. The first kappa shape index (κ1) is 86.1. The average molecular weight is 1570 g/mol. The Labute approximate surface area is 696 Å². The molecule has 0 bridgehead atoms. The van der Waals surface area contributed by atoms with Gasteiger partial charge in [-0.15, -0.1) is 0 Å². The Hall–Kier alpha value is -10.2. The van der Waals surface area contributed by atoms with Crippen molar-refractivity contribution in [3.8, 4) is 34.5 Å². The fourth-order valence-electron chi connectivity index (χ4n) is 15.5. The van der Waals surface area contributed by atoms with E-state index in [0.717, 1.165) is 68.9 Å². The topological polar surface area (TPSA) is 102 Å². The minimum absolute atomic E-state index is 0.0265. The van der Waals surface area contributed by atoms with Crippen LogP contribution >= 0.6 is 0 Å². The predicted molar refractivity (Wildman–Crippen MR) is 478 cm³/mol. The fourth-order valence-corrected chi connectivity index (χ4v) is 15.5. The van der Waals surface area contributed by atoms with Gasteiger partial charge in [0.1, 0.15) is 74.1 Å². The lowest BCUT2D eigenvalue weighted by Crippen LogP contribution is -2.31. The van der Waals surface area contributed by atoms with Crippen molar-refractivity contribution in [1.82, 2.24) is 0 Å². The van der Waals surface area contributed by atoms with Crippen molar-refractivity contribution in [1.29, 1.82) is 0 Å². The molecule has 11 heteroatoms. The second-order valence-electron chi connectivity index (χ2n) is 34.3. The molecular weight excluding hydrogens is 1450 g/mol. The van der Waals surface area contributed by atoms with Crippen molar-refractivity contribution in [3.05, 3.63) is 345 Å². The zero-order valence-corrected chi connectivity index (χ0v) is 71.6. The molecule has 0 fully saturated rings. The van der Waals surface area contributed by atoms with Crippen LogP contribution in [0.25, 0.3) is 21.5 Å². The van der Waals surface area contributed by atoms with Crippen molar-refractivity contribution < 1.29 is 52.1 Å². The Morgan fingerprint density at radius 2 is 0.350 bits per heavy atom. The molecular formula is C106H122O11. The summed E-state index contributed by atoms with van der Waals surface area (Å²) in [6.45, 7) is 38.2. The molecule has 0 N–H and O–H groups in total. The van der Waals surface area contributed by atoms with E-state index in [1.807, 2.05) is 72.8 Å². The molecule has 612 valence electrons. The van der Waals surface area contributed by atoms with Gasteiger partial charge in [0.15, 0.2) is 0 Å². The van der Waals surface area contributed by atoms with Crippen molar-refractivity contribution in [2.24, 2.45) is 0 Å². The van der Waals surface area contributed by atoms with Gasteiger partial charge in [-0.2, -0.15) is 0 Å². The normalized spacial score (nSPS) is 12.3. The molecule has 0 aliphatic carbocycles. The van der Waals surface area contributed by atoms with Crippen LogP contribution in [-0.2, 0) is 69.0 Å². The molecule has 0 unspecified atom stereocenters. The summed E-state index contributed by atoms with van der Waals surface area (Å²) in [7, 11) is 0. The highest BCUT2D eigenvalue weighted by Gasteiger charge is 2.41. The van der Waals surface area contributed by atoms with Crippen LogP contribution in [0.1, 0.15) is 175 Å². The highest BCUT2D eigenvalue weighted by molar-refractivity contribution is 5.94. The minimum atomic E-state index is -0.584. The van der Waals surface area contributed by atoms with Gasteiger partial charge >= 0.3 is 0 Å². The average Bonchev–Trinajstić information content (AvgIpc) is 0.733. The third-order valence-electron chi connectivity index (χ3n) is 22.3. The van der Waals surface area contributed by atoms with Crippen LogP contribution in [-0.4, -0.2) is 106 Å². The SMILES string of the molecule is CCc1ccc(C(c2ccc(OCCOCCOc3cccc4c(OCCOCCOCCOCCOc5cccc6c(OCCOCCOc7ccc(C(c8ccc(CC)cc8)(c8ccc(C(C)(C)C)cc8)c8ccc(C(C)(C)C)cc8)cc7)cccc56)cccc34)cc2)(c2ccc(C(C)(C)C)cc2)c2ccc(C(C)(C)C)cc2)cc1. The molecule has 0 aromatic heterocycles. The van der Waals surface area contributed by atoms with E-state index in [-0.39, 0.29) is 21.7 Å². The second-order valence-corrected chi connectivity index (χ2v) is 34.3. The minimum Gasteiger partial charge on any atom is -0.491 e. The Morgan fingerprint density at radius 3 is 0.547 bits per heavy atom. The van der Waals surface area contributed by atoms with Crippen LogP contribution in [0.5, 0.6) is 34.5 Å². The highest BCUT2D eigenvalue weighted by Crippen LogP contribution is 2.49. The van der Waals surface area contributed by atoms with Crippen LogP contribution in [0.15, 0.2) is 267 Å². The molecule has 0 atom stereocenters. The van der Waals surface area contributed by atoms with Gasteiger partial charge in [0.25, 0.3) is 0 Å². The van der Waals surface area contributed by atoms with Crippen LogP contribution < -0.4 is 28.4 Å². The van der Waals surface area contributed by atoms with Gasteiger partial charge in [-0.1, -0.05) is 315 Å². The van der Waals surface area contributed by atoms with Crippen LogP contribution in [0.2, 0.25) is 0 Å². The number of hydrogen-bond acceptors (Lipinski definition) is 11. The van der Waals surface area contributed by atoms with Crippen molar-refractivity contribution in [2.45, 2.75) is 142 Å². The first-order chi connectivity index (χ1) is 56.5. The van der Waals surface area contributed by atoms with E-state index in [1.54, 1.807) is 0 Å². The molecule has 0 radical (unpaired) electrons. The largest absolute Gasteiger partial charge is 0.491 e. The van der Waals surface area contributed by atoms with Gasteiger partial charge in [0, 0.05) is 21.5 Å². The standard InChI is InChI=1S/C106H122O11/c1-15-77-29-33-83(34-30-77)105(85-45-37-79(38-46-85)101(3,4)5,86-47-39-80(40-48-86)102(6,7)8)89-53-57-91(58-54-89)112-71-65-110-69-75-116-99-27-19-21-93-95(99)23-17-25-97(93)114-73-67-108-63-61-107-62-64-109-68-74-115-98-26-18-24-96-94(98)22-20-28-100(96)117-76-70-111-66-72-113-92-59-55-90(56-60-92)106(84-35-31-78(16-2)32-36-84,87-49-41-81(42-50-87)103(9,10)11)88-51-43-82(44-52-88)104(12,13)14/h17-60H,15-16,61-76H2,1-14H3. The van der Waals surface area contributed by atoms with Crippen molar-refractivity contribution in [2.75, 3.05) is 106 Å². The molecule has 0 amide bonds. The summed E-state index contributed by atoms with van der Waals surface area (Å²) in [5.41, 5.74) is 16.4. The molecule has 117 heavy (non-hydrogen) atoms. The van der Waals surface area contributed by atoms with E-state index in [9.17, 15) is 0 Å². The monoisotopic (exact) mass is 1570 g/mol. The molecule has 0 saturated carbocycles. The van der Waals surface area contributed by atoms with E-state index in [1.165, 1.54) is 77.9 Å². The Morgan fingerprint density at radius 1 is 0.179 bits per heavy atom. The second kappa shape index (κ2) is 39.8. The number of hydrogen-bond donors (Lipinski definition) is 0. The molecule has 0 aliphatic rings. The summed E-state index contributed by atoms with van der Waals surface area (Å²) in [5.74, 6) is 4.63. The number of rotatable bonds is 40. The lowest BCUT2D eigenvalue weighted by molar-refractivity contribution is 0.00512. The molecule has 12 rings (SSSR count). The quantitative estimate of drug-likeness (QED) is 0.0271. The van der Waals surface area contributed by atoms with Gasteiger partial charge in [0.05, 0.1) is 76.9 Å². The zero-order valence-electron chi connectivity index (χ0n) is 71.6. The number of fused-ring (bicyclic) bond motifs is 2. The lowest BCUT2D eigenvalue weighted by atomic mass is 9.64. The smallest absolute Gasteiger partial charge is 0.127 e. The Kier molecular flexibility index (Phi) is 29.3.